The van der Waals surface area contributed by atoms with E-state index in [-0.39, 0.29) is 11.8 Å². The smallest absolute Gasteiger partial charge is 0.226 e. The van der Waals surface area contributed by atoms with Gasteiger partial charge in [-0.05, 0) is 56.4 Å². The van der Waals surface area contributed by atoms with Crippen LogP contribution in [0.1, 0.15) is 54.0 Å². The fourth-order valence-electron chi connectivity index (χ4n) is 4.68. The summed E-state index contributed by atoms with van der Waals surface area (Å²) in [5, 5.41) is 16.7. The number of fused-ring (bicyclic) bond motifs is 1. The van der Waals surface area contributed by atoms with Crippen LogP contribution in [0.5, 0.6) is 0 Å². The lowest BCUT2D eigenvalue weighted by molar-refractivity contribution is -0.116. The van der Waals surface area contributed by atoms with Crippen LogP contribution in [-0.4, -0.2) is 39.0 Å². The van der Waals surface area contributed by atoms with E-state index in [4.69, 9.17) is 5.10 Å². The molecule has 2 aliphatic rings. The lowest BCUT2D eigenvalue weighted by Crippen LogP contribution is -2.30. The molecule has 4 heterocycles. The van der Waals surface area contributed by atoms with E-state index in [1.54, 1.807) is 4.68 Å². The Morgan fingerprint density at radius 3 is 2.43 bits per heavy atom. The predicted octanol–water partition coefficient (Wildman–Crippen LogP) is 3.74. The van der Waals surface area contributed by atoms with E-state index in [0.29, 0.717) is 18.1 Å². The maximum Gasteiger partial charge on any atom is 0.226 e. The molecule has 5 rings (SSSR count). The van der Waals surface area contributed by atoms with Crippen LogP contribution in [0.2, 0.25) is 0 Å². The van der Waals surface area contributed by atoms with Crippen LogP contribution in [0, 0.1) is 13.8 Å². The van der Waals surface area contributed by atoms with E-state index in [1.165, 1.54) is 30.4 Å². The minimum Gasteiger partial charge on any atom is -0.355 e. The Morgan fingerprint density at radius 1 is 0.967 bits per heavy atom. The average molecular weight is 403 g/mol. The van der Waals surface area contributed by atoms with Crippen LogP contribution in [0.4, 0.5) is 11.6 Å². The number of carbonyl (C=O) groups is 1. The highest BCUT2D eigenvalue weighted by atomic mass is 16.1. The number of nitrogens with one attached hydrogen (secondary N) is 1. The first kappa shape index (κ1) is 18.8. The van der Waals surface area contributed by atoms with Crippen molar-refractivity contribution in [2.45, 2.75) is 45.4 Å². The van der Waals surface area contributed by atoms with Crippen molar-refractivity contribution in [3.8, 4) is 5.82 Å². The summed E-state index contributed by atoms with van der Waals surface area (Å²) in [4.78, 5) is 14.9. The fraction of sp³-hybridized carbons (Fsp3) is 0.391. The lowest BCUT2D eigenvalue weighted by Gasteiger charge is -2.27. The van der Waals surface area contributed by atoms with Gasteiger partial charge in [0.2, 0.25) is 5.91 Å². The minimum absolute atomic E-state index is 0.00482. The van der Waals surface area contributed by atoms with Crippen molar-refractivity contribution in [3.63, 3.8) is 0 Å². The van der Waals surface area contributed by atoms with Gasteiger partial charge in [0.25, 0.3) is 0 Å². The Kier molecular flexibility index (Phi) is 4.73. The number of hydrogen-bond donors (Lipinski definition) is 1. The van der Waals surface area contributed by atoms with Crippen LogP contribution < -0.4 is 10.2 Å². The zero-order valence-electron chi connectivity index (χ0n) is 17.4. The Morgan fingerprint density at radius 2 is 1.70 bits per heavy atom. The van der Waals surface area contributed by atoms with Crippen molar-refractivity contribution < 1.29 is 4.79 Å². The standard InChI is InChI=1S/C23H26N6O/c1-15-8-4-5-9-17(15)18-14-21(30)24-23-22(18)16(2)27-29(23)20-11-10-19(25-26-20)28-12-6-3-7-13-28/h4-5,8-11,18H,3,6-7,12-14H2,1-2H3,(H,24,30)/t18-/m1/s1. The molecule has 7 nitrogen and oxygen atoms in total. The molecule has 0 spiro atoms. The van der Waals surface area contributed by atoms with Crippen molar-refractivity contribution in [2.75, 3.05) is 23.3 Å². The largest absolute Gasteiger partial charge is 0.355 e. The minimum atomic E-state index is -0.00992. The number of aryl methyl sites for hydroxylation is 2. The van der Waals surface area contributed by atoms with Crippen LogP contribution in [0.3, 0.4) is 0 Å². The van der Waals surface area contributed by atoms with Gasteiger partial charge in [-0.1, -0.05) is 24.3 Å². The summed E-state index contributed by atoms with van der Waals surface area (Å²) < 4.78 is 1.72. The van der Waals surface area contributed by atoms with E-state index >= 15 is 0 Å². The maximum atomic E-state index is 12.6. The summed E-state index contributed by atoms with van der Waals surface area (Å²) in [6.45, 7) is 6.14. The van der Waals surface area contributed by atoms with Gasteiger partial charge in [-0.2, -0.15) is 9.78 Å². The van der Waals surface area contributed by atoms with Gasteiger partial charge in [0.05, 0.1) is 5.69 Å². The van der Waals surface area contributed by atoms with Crippen molar-refractivity contribution in [1.82, 2.24) is 20.0 Å². The fourth-order valence-corrected chi connectivity index (χ4v) is 4.68. The van der Waals surface area contributed by atoms with Gasteiger partial charge in [0.15, 0.2) is 11.6 Å². The molecular weight excluding hydrogens is 376 g/mol. The normalized spacial score (nSPS) is 18.8. The molecule has 1 aromatic carbocycles. The molecule has 7 heteroatoms. The molecule has 0 saturated carbocycles. The Hall–Kier alpha value is -3.22. The molecule has 0 bridgehead atoms. The molecule has 1 saturated heterocycles. The van der Waals surface area contributed by atoms with Gasteiger partial charge >= 0.3 is 0 Å². The number of carbonyl (C=O) groups excluding carboxylic acids is 1. The molecule has 30 heavy (non-hydrogen) atoms. The number of anilines is 2. The molecule has 0 aliphatic carbocycles. The summed E-state index contributed by atoms with van der Waals surface area (Å²) in [6, 6.07) is 12.2. The number of amides is 1. The molecule has 2 aliphatic heterocycles. The van der Waals surface area contributed by atoms with Gasteiger partial charge in [0, 0.05) is 31.0 Å². The topological polar surface area (TPSA) is 75.9 Å². The summed E-state index contributed by atoms with van der Waals surface area (Å²) >= 11 is 0. The molecule has 1 fully saturated rings. The van der Waals surface area contributed by atoms with Gasteiger partial charge in [-0.25, -0.2) is 0 Å². The average Bonchev–Trinajstić information content (AvgIpc) is 3.10. The molecule has 1 atom stereocenters. The number of piperidine rings is 1. The summed E-state index contributed by atoms with van der Waals surface area (Å²) in [6.07, 6.45) is 4.09. The third kappa shape index (κ3) is 3.24. The molecule has 0 radical (unpaired) electrons. The van der Waals surface area contributed by atoms with Crippen molar-refractivity contribution in [2.24, 2.45) is 0 Å². The van der Waals surface area contributed by atoms with Crippen molar-refractivity contribution in [3.05, 3.63) is 58.8 Å². The summed E-state index contributed by atoms with van der Waals surface area (Å²) in [7, 11) is 0. The van der Waals surface area contributed by atoms with Gasteiger partial charge in [0.1, 0.15) is 5.82 Å². The van der Waals surface area contributed by atoms with Crippen LogP contribution in [0.15, 0.2) is 36.4 Å². The lowest BCUT2D eigenvalue weighted by atomic mass is 9.84. The summed E-state index contributed by atoms with van der Waals surface area (Å²) in [5.74, 6) is 2.21. The maximum absolute atomic E-state index is 12.6. The quantitative estimate of drug-likeness (QED) is 0.722. The highest BCUT2D eigenvalue weighted by Crippen LogP contribution is 2.40. The second-order valence-electron chi connectivity index (χ2n) is 8.22. The van der Waals surface area contributed by atoms with Crippen LogP contribution in [0.25, 0.3) is 5.82 Å². The van der Waals surface area contributed by atoms with Gasteiger partial charge in [-0.3, -0.25) is 4.79 Å². The molecular formula is C23H26N6O. The first-order valence-electron chi connectivity index (χ1n) is 10.7. The molecule has 3 aromatic rings. The highest BCUT2D eigenvalue weighted by molar-refractivity contribution is 5.95. The molecule has 1 N–H and O–H groups in total. The van der Waals surface area contributed by atoms with Gasteiger partial charge in [-0.15, -0.1) is 10.2 Å². The van der Waals surface area contributed by atoms with Crippen LogP contribution in [-0.2, 0) is 4.79 Å². The number of benzene rings is 1. The molecule has 154 valence electrons. The van der Waals surface area contributed by atoms with Crippen molar-refractivity contribution >= 4 is 17.5 Å². The zero-order valence-corrected chi connectivity index (χ0v) is 17.4. The third-order valence-corrected chi connectivity index (χ3v) is 6.20. The van der Waals surface area contributed by atoms with E-state index in [0.717, 1.165) is 30.2 Å². The van der Waals surface area contributed by atoms with E-state index < -0.39 is 0 Å². The van der Waals surface area contributed by atoms with Crippen LogP contribution >= 0.6 is 0 Å². The number of hydrogen-bond acceptors (Lipinski definition) is 5. The first-order chi connectivity index (χ1) is 14.6. The van der Waals surface area contributed by atoms with Gasteiger partial charge < -0.3 is 10.2 Å². The van der Waals surface area contributed by atoms with E-state index in [2.05, 4.69) is 39.5 Å². The molecule has 0 unspecified atom stereocenters. The summed E-state index contributed by atoms with van der Waals surface area (Å²) in [5.41, 5.74) is 4.31. The first-order valence-corrected chi connectivity index (χ1v) is 10.7. The SMILES string of the molecule is Cc1ccccc1[C@H]1CC(=O)Nc2c1c(C)nn2-c1ccc(N2CCCCC2)nn1. The highest BCUT2D eigenvalue weighted by Gasteiger charge is 2.33. The second-order valence-corrected chi connectivity index (χ2v) is 8.22. The number of rotatable bonds is 3. The molecule has 1 amide bonds. The predicted molar refractivity (Wildman–Crippen MR) is 116 cm³/mol. The zero-order chi connectivity index (χ0) is 20.7. The Labute approximate surface area is 176 Å². The Bertz CT molecular complexity index is 1080. The van der Waals surface area contributed by atoms with E-state index in [1.807, 2.05) is 31.2 Å². The van der Waals surface area contributed by atoms with E-state index in [9.17, 15) is 4.79 Å². The molecule has 2 aromatic heterocycles. The number of nitrogens with zero attached hydrogens (tertiary/aromatic N) is 5. The third-order valence-electron chi connectivity index (χ3n) is 6.20. The second kappa shape index (κ2) is 7.55. The van der Waals surface area contributed by atoms with Crippen molar-refractivity contribution in [1.29, 1.82) is 0 Å². The Balaban J connectivity index is 1.53. The number of aromatic nitrogens is 4. The monoisotopic (exact) mass is 402 g/mol.